The summed E-state index contributed by atoms with van der Waals surface area (Å²) in [6.07, 6.45) is 0. The van der Waals surface area contributed by atoms with Gasteiger partial charge >= 0.3 is 8.05 Å². The highest BCUT2D eigenvalue weighted by Gasteiger charge is 2.23. The van der Waals surface area contributed by atoms with Crippen molar-refractivity contribution in [3.05, 3.63) is 34.0 Å². The summed E-state index contributed by atoms with van der Waals surface area (Å²) in [7, 11) is 7.15. The Labute approximate surface area is 124 Å². The monoisotopic (exact) mass is 282 g/mol. The van der Waals surface area contributed by atoms with Crippen LogP contribution < -0.4 is 0 Å². The van der Waals surface area contributed by atoms with E-state index in [-0.39, 0.29) is 11.3 Å². The van der Waals surface area contributed by atoms with Crippen LogP contribution in [-0.2, 0) is 11.7 Å². The van der Waals surface area contributed by atoms with Crippen LogP contribution in [0.25, 0.3) is 11.3 Å². The average Bonchev–Trinajstić information content (AvgIpc) is 2.90. The van der Waals surface area contributed by atoms with Gasteiger partial charge in [0.1, 0.15) is 23.2 Å². The Balaban J connectivity index is 2.77. The van der Waals surface area contributed by atoms with Crippen LogP contribution in [0.15, 0.2) is 4.52 Å². The predicted octanol–water partition coefficient (Wildman–Crippen LogP) is 2.13. The number of allylic oxidation sites excluding steroid dienone is 1. The number of aromatic nitrogens is 3. The number of hydrogen-bond donors (Lipinski definition) is 0. The minimum atomic E-state index is 0.179. The minimum absolute atomic E-state index is 0.179. The Morgan fingerprint density at radius 2 is 1.95 bits per heavy atom. The van der Waals surface area contributed by atoms with Gasteiger partial charge in [0.05, 0.1) is 11.4 Å². The lowest BCUT2D eigenvalue weighted by Crippen LogP contribution is -2.03. The zero-order chi connectivity index (χ0) is 15.7. The van der Waals surface area contributed by atoms with Gasteiger partial charge in [-0.2, -0.15) is 10.4 Å². The summed E-state index contributed by atoms with van der Waals surface area (Å²) in [5.41, 5.74) is 3.85. The standard InChI is InChI=1S/C14H15BN4O2/c1-7-9(3)17-19(5)13(7)11(6-16)14(20-15)12-8(2)10(4)21-18-12/h1-5H3. The number of nitriles is 1. The molecule has 0 amide bonds. The van der Waals surface area contributed by atoms with E-state index in [0.29, 0.717) is 17.1 Å². The molecule has 0 aliphatic carbocycles. The van der Waals surface area contributed by atoms with Crippen molar-refractivity contribution in [1.29, 1.82) is 5.26 Å². The van der Waals surface area contributed by atoms with Gasteiger partial charge in [-0.1, -0.05) is 5.16 Å². The third-order valence-electron chi connectivity index (χ3n) is 3.59. The Morgan fingerprint density at radius 1 is 1.29 bits per heavy atom. The minimum Gasteiger partial charge on any atom is -0.565 e. The fraction of sp³-hybridized carbons (Fsp3) is 0.357. The van der Waals surface area contributed by atoms with E-state index in [9.17, 15) is 5.26 Å². The Hall–Kier alpha value is -2.49. The Kier molecular flexibility index (Phi) is 3.89. The van der Waals surface area contributed by atoms with Crippen LogP contribution in [0, 0.1) is 39.0 Å². The molecule has 0 spiro atoms. The van der Waals surface area contributed by atoms with Gasteiger partial charge in [0, 0.05) is 12.6 Å². The number of hydrogen-bond acceptors (Lipinski definition) is 5. The highest BCUT2D eigenvalue weighted by Crippen LogP contribution is 2.30. The lowest BCUT2D eigenvalue weighted by atomic mass is 10.0. The summed E-state index contributed by atoms with van der Waals surface area (Å²) in [6.45, 7) is 7.38. The molecule has 2 heterocycles. The molecule has 0 saturated carbocycles. The van der Waals surface area contributed by atoms with Crippen molar-refractivity contribution < 1.29 is 9.18 Å². The van der Waals surface area contributed by atoms with Crippen LogP contribution >= 0.6 is 0 Å². The third-order valence-corrected chi connectivity index (χ3v) is 3.59. The molecule has 2 radical (unpaired) electrons. The molecule has 21 heavy (non-hydrogen) atoms. The number of rotatable bonds is 3. The molecule has 106 valence electrons. The maximum atomic E-state index is 9.56. The molecular formula is C14H15BN4O2. The molecule has 0 aromatic carbocycles. The fourth-order valence-electron chi connectivity index (χ4n) is 2.19. The van der Waals surface area contributed by atoms with Crippen molar-refractivity contribution in [2.24, 2.45) is 7.05 Å². The van der Waals surface area contributed by atoms with Crippen molar-refractivity contribution in [3.8, 4) is 6.07 Å². The Morgan fingerprint density at radius 3 is 2.33 bits per heavy atom. The first kappa shape index (κ1) is 14.9. The summed E-state index contributed by atoms with van der Waals surface area (Å²) < 4.78 is 11.7. The first-order chi connectivity index (χ1) is 9.92. The number of nitrogens with zero attached hydrogens (tertiary/aromatic N) is 4. The third kappa shape index (κ3) is 2.33. The zero-order valence-electron chi connectivity index (χ0n) is 12.7. The van der Waals surface area contributed by atoms with E-state index < -0.39 is 0 Å². The molecule has 6 nitrogen and oxygen atoms in total. The molecule has 7 heteroatoms. The smallest absolute Gasteiger partial charge is 0.374 e. The van der Waals surface area contributed by atoms with Gasteiger partial charge in [-0.25, -0.2) is 0 Å². The van der Waals surface area contributed by atoms with Gasteiger partial charge in [-0.3, -0.25) is 4.68 Å². The molecule has 0 saturated heterocycles. The van der Waals surface area contributed by atoms with Gasteiger partial charge in [0.25, 0.3) is 0 Å². The van der Waals surface area contributed by atoms with E-state index in [2.05, 4.69) is 16.3 Å². The van der Waals surface area contributed by atoms with Gasteiger partial charge in [-0.15, -0.1) is 0 Å². The normalized spacial score (nSPS) is 12.0. The summed E-state index contributed by atoms with van der Waals surface area (Å²) in [5, 5.41) is 17.8. The second-order valence-corrected chi connectivity index (χ2v) is 4.83. The highest BCUT2D eigenvalue weighted by atomic mass is 16.5. The predicted molar refractivity (Wildman–Crippen MR) is 77.9 cm³/mol. The van der Waals surface area contributed by atoms with Crippen LogP contribution in [0.1, 0.15) is 34.0 Å². The quantitative estimate of drug-likeness (QED) is 0.489. The molecule has 0 fully saturated rings. The zero-order valence-corrected chi connectivity index (χ0v) is 12.7. The highest BCUT2D eigenvalue weighted by molar-refractivity contribution is 6.06. The second-order valence-electron chi connectivity index (χ2n) is 4.83. The molecule has 0 unspecified atom stereocenters. The summed E-state index contributed by atoms with van der Waals surface area (Å²) >= 11 is 0. The van der Waals surface area contributed by atoms with E-state index in [4.69, 9.17) is 17.2 Å². The van der Waals surface area contributed by atoms with Crippen LogP contribution in [0.3, 0.4) is 0 Å². The molecule has 2 aromatic heterocycles. The van der Waals surface area contributed by atoms with Crippen molar-refractivity contribution in [2.75, 3.05) is 0 Å². The average molecular weight is 282 g/mol. The molecule has 0 bridgehead atoms. The van der Waals surface area contributed by atoms with E-state index >= 15 is 0 Å². The summed E-state index contributed by atoms with van der Waals surface area (Å²) in [6, 6.07) is 2.13. The van der Waals surface area contributed by atoms with Crippen LogP contribution in [-0.4, -0.2) is 23.0 Å². The lowest BCUT2D eigenvalue weighted by Gasteiger charge is -2.09. The molecule has 0 aliphatic heterocycles. The largest absolute Gasteiger partial charge is 0.565 e. The van der Waals surface area contributed by atoms with E-state index in [1.165, 1.54) is 0 Å². The molecule has 2 aromatic rings. The van der Waals surface area contributed by atoms with Crippen molar-refractivity contribution >= 4 is 19.4 Å². The molecule has 2 rings (SSSR count). The SMILES string of the molecule is [B]OC(=C(C#N)c1c(C)c(C)nn1C)c1noc(C)c1C. The first-order valence-electron chi connectivity index (χ1n) is 6.37. The maximum Gasteiger partial charge on any atom is 0.374 e. The van der Waals surface area contributed by atoms with Gasteiger partial charge in [0.15, 0.2) is 5.69 Å². The second kappa shape index (κ2) is 5.48. The molecular weight excluding hydrogens is 267 g/mol. The van der Waals surface area contributed by atoms with Gasteiger partial charge in [0.2, 0.25) is 0 Å². The van der Waals surface area contributed by atoms with Crippen molar-refractivity contribution in [2.45, 2.75) is 27.7 Å². The first-order valence-corrected chi connectivity index (χ1v) is 6.37. The number of aryl methyl sites for hydroxylation is 3. The molecule has 0 atom stereocenters. The summed E-state index contributed by atoms with van der Waals surface area (Å²) in [5.74, 6) is 0.827. The van der Waals surface area contributed by atoms with E-state index in [1.807, 2.05) is 20.8 Å². The topological polar surface area (TPSA) is 76.9 Å². The molecule has 0 aliphatic rings. The van der Waals surface area contributed by atoms with Gasteiger partial charge < -0.3 is 9.18 Å². The fourth-order valence-corrected chi connectivity index (χ4v) is 2.19. The van der Waals surface area contributed by atoms with E-state index in [1.54, 1.807) is 18.7 Å². The Bertz CT molecular complexity index is 765. The van der Waals surface area contributed by atoms with Crippen LogP contribution in [0.2, 0.25) is 0 Å². The van der Waals surface area contributed by atoms with E-state index in [0.717, 1.165) is 16.8 Å². The summed E-state index contributed by atoms with van der Waals surface area (Å²) in [4.78, 5) is 0. The molecule has 0 N–H and O–H groups in total. The maximum absolute atomic E-state index is 9.56. The van der Waals surface area contributed by atoms with Crippen LogP contribution in [0.5, 0.6) is 0 Å². The lowest BCUT2D eigenvalue weighted by molar-refractivity contribution is 0.391. The van der Waals surface area contributed by atoms with Crippen molar-refractivity contribution in [3.63, 3.8) is 0 Å². The van der Waals surface area contributed by atoms with Crippen LogP contribution in [0.4, 0.5) is 0 Å². The van der Waals surface area contributed by atoms with Crippen molar-refractivity contribution in [1.82, 2.24) is 14.9 Å². The van der Waals surface area contributed by atoms with Gasteiger partial charge in [-0.05, 0) is 33.3 Å².